The Labute approximate surface area is 193 Å². The van der Waals surface area contributed by atoms with Gasteiger partial charge in [0.05, 0.1) is 35.2 Å². The summed E-state index contributed by atoms with van der Waals surface area (Å²) in [6.07, 6.45) is 3.77. The van der Waals surface area contributed by atoms with E-state index in [1.807, 2.05) is 0 Å². The first kappa shape index (κ1) is 22.4. The Kier molecular flexibility index (Phi) is 6.07. The van der Waals surface area contributed by atoms with E-state index in [4.69, 9.17) is 11.6 Å². The van der Waals surface area contributed by atoms with Crippen LogP contribution in [0.3, 0.4) is 0 Å². The van der Waals surface area contributed by atoms with Gasteiger partial charge in [0.1, 0.15) is 17.2 Å². The zero-order valence-electron chi connectivity index (χ0n) is 17.3. The van der Waals surface area contributed by atoms with Crippen LogP contribution in [0.1, 0.15) is 5.56 Å². The second-order valence-electron chi connectivity index (χ2n) is 6.93. The van der Waals surface area contributed by atoms with Gasteiger partial charge in [0.25, 0.3) is 0 Å². The Morgan fingerprint density at radius 1 is 1.12 bits per heavy atom. The van der Waals surface area contributed by atoms with Gasteiger partial charge < -0.3 is 10.6 Å². The van der Waals surface area contributed by atoms with Crippen LogP contribution in [0.2, 0.25) is 5.02 Å². The maximum Gasteiger partial charge on any atom is 0.229 e. The van der Waals surface area contributed by atoms with Gasteiger partial charge in [-0.1, -0.05) is 23.7 Å². The Hall–Kier alpha value is -3.84. The normalized spacial score (nSPS) is 11.3. The molecule has 3 N–H and O–H groups in total. The fourth-order valence-corrected chi connectivity index (χ4v) is 3.67. The van der Waals surface area contributed by atoms with Crippen molar-refractivity contribution in [2.45, 2.75) is 6.92 Å². The van der Waals surface area contributed by atoms with Crippen LogP contribution in [-0.4, -0.2) is 44.8 Å². The average molecular weight is 490 g/mol. The van der Waals surface area contributed by atoms with Gasteiger partial charge in [0.15, 0.2) is 5.82 Å². The third-order valence-electron chi connectivity index (χ3n) is 4.37. The van der Waals surface area contributed by atoms with Crippen molar-refractivity contribution in [1.29, 1.82) is 0 Å². The first-order chi connectivity index (χ1) is 15.7. The highest BCUT2D eigenvalue weighted by atomic mass is 35.5. The molecule has 14 heteroatoms. The van der Waals surface area contributed by atoms with Gasteiger partial charge in [-0.05, 0) is 47.2 Å². The highest BCUT2D eigenvalue weighted by Crippen LogP contribution is 2.32. The molecule has 4 aromatic rings. The predicted octanol–water partition coefficient (Wildman–Crippen LogP) is 3.41. The summed E-state index contributed by atoms with van der Waals surface area (Å²) < 4.78 is 41.8. The van der Waals surface area contributed by atoms with Crippen LogP contribution in [0.15, 0.2) is 48.9 Å². The molecular weight excluding hydrogens is 473 g/mol. The molecule has 0 aliphatic heterocycles. The Morgan fingerprint density at radius 2 is 1.94 bits per heavy atom. The first-order valence-corrected chi connectivity index (χ1v) is 11.6. The number of rotatable bonds is 7. The molecular formula is C19H17ClFN9O2S. The lowest BCUT2D eigenvalue weighted by molar-refractivity contribution is 0.606. The topological polar surface area (TPSA) is 140 Å². The molecule has 0 bridgehead atoms. The summed E-state index contributed by atoms with van der Waals surface area (Å²) in [6, 6.07) is 9.44. The van der Waals surface area contributed by atoms with Crippen molar-refractivity contribution >= 4 is 50.5 Å². The number of tetrazole rings is 1. The summed E-state index contributed by atoms with van der Waals surface area (Å²) in [4.78, 5) is 8.40. The van der Waals surface area contributed by atoms with Gasteiger partial charge in [0.2, 0.25) is 16.0 Å². The lowest BCUT2D eigenvalue weighted by Crippen LogP contribution is -2.12. The van der Waals surface area contributed by atoms with Crippen molar-refractivity contribution in [3.63, 3.8) is 0 Å². The molecule has 33 heavy (non-hydrogen) atoms. The smallest absolute Gasteiger partial charge is 0.229 e. The van der Waals surface area contributed by atoms with Crippen molar-refractivity contribution < 1.29 is 12.8 Å². The van der Waals surface area contributed by atoms with Crippen molar-refractivity contribution in [2.75, 3.05) is 21.6 Å². The molecule has 0 saturated carbocycles. The minimum absolute atomic E-state index is 0.0555. The Balaban J connectivity index is 1.64. The lowest BCUT2D eigenvalue weighted by Gasteiger charge is -2.16. The van der Waals surface area contributed by atoms with Gasteiger partial charge in [-0.15, -0.1) is 5.10 Å². The minimum Gasteiger partial charge on any atom is -0.337 e. The summed E-state index contributed by atoms with van der Waals surface area (Å²) in [5.74, 6) is -0.300. The van der Waals surface area contributed by atoms with E-state index >= 15 is 0 Å². The molecule has 0 unspecified atom stereocenters. The fraction of sp³-hybridized carbons (Fsp3) is 0.105. The molecule has 4 rings (SSSR count). The second kappa shape index (κ2) is 8.96. The van der Waals surface area contributed by atoms with Crippen LogP contribution >= 0.6 is 11.6 Å². The quantitative estimate of drug-likeness (QED) is 0.356. The lowest BCUT2D eigenvalue weighted by atomic mass is 10.2. The van der Waals surface area contributed by atoms with E-state index in [0.29, 0.717) is 22.6 Å². The largest absolute Gasteiger partial charge is 0.337 e. The van der Waals surface area contributed by atoms with E-state index in [0.717, 1.165) is 6.26 Å². The number of hydrogen-bond donors (Lipinski definition) is 3. The van der Waals surface area contributed by atoms with Gasteiger partial charge >= 0.3 is 0 Å². The summed E-state index contributed by atoms with van der Waals surface area (Å²) in [5.41, 5.74) is 2.08. The second-order valence-corrected chi connectivity index (χ2v) is 9.09. The first-order valence-electron chi connectivity index (χ1n) is 9.36. The summed E-state index contributed by atoms with van der Waals surface area (Å²) in [6.45, 7) is 1.76. The molecule has 2 heterocycles. The third kappa shape index (κ3) is 5.32. The van der Waals surface area contributed by atoms with E-state index in [9.17, 15) is 12.8 Å². The fourth-order valence-electron chi connectivity index (χ4n) is 2.89. The zero-order valence-corrected chi connectivity index (χ0v) is 18.9. The van der Waals surface area contributed by atoms with Gasteiger partial charge in [-0.3, -0.25) is 4.72 Å². The third-order valence-corrected chi connectivity index (χ3v) is 5.22. The van der Waals surface area contributed by atoms with E-state index < -0.39 is 15.8 Å². The number of anilines is 5. The molecule has 2 aromatic heterocycles. The maximum absolute atomic E-state index is 14.4. The number of halogens is 2. The number of para-hydroxylation sites is 1. The zero-order chi connectivity index (χ0) is 23.6. The molecule has 170 valence electrons. The molecule has 11 nitrogen and oxygen atoms in total. The van der Waals surface area contributed by atoms with Crippen molar-refractivity contribution in [1.82, 2.24) is 30.2 Å². The Bertz CT molecular complexity index is 1420. The SMILES string of the molecule is Cc1cccc(Nc2nc(Nc3cc(-n4cnnn4)ccc3F)ncc2Cl)c1NS(C)(=O)=O. The molecule has 0 aliphatic rings. The van der Waals surface area contributed by atoms with E-state index in [1.54, 1.807) is 25.1 Å². The predicted molar refractivity (Wildman–Crippen MR) is 122 cm³/mol. The molecule has 0 fully saturated rings. The maximum atomic E-state index is 14.4. The van der Waals surface area contributed by atoms with Crippen LogP contribution in [0.4, 0.5) is 33.2 Å². The number of sulfonamides is 1. The summed E-state index contributed by atoms with van der Waals surface area (Å²) in [5, 5.41) is 16.9. The minimum atomic E-state index is -3.53. The van der Waals surface area contributed by atoms with Crippen molar-refractivity contribution in [2.24, 2.45) is 0 Å². The average Bonchev–Trinajstić information content (AvgIpc) is 3.29. The van der Waals surface area contributed by atoms with Crippen LogP contribution in [0, 0.1) is 12.7 Å². The van der Waals surface area contributed by atoms with Gasteiger partial charge in [-0.2, -0.15) is 4.98 Å². The van der Waals surface area contributed by atoms with Gasteiger partial charge in [0, 0.05) is 0 Å². The molecule has 0 aliphatic carbocycles. The van der Waals surface area contributed by atoms with E-state index in [2.05, 4.69) is 40.8 Å². The molecule has 0 amide bonds. The highest BCUT2D eigenvalue weighted by Gasteiger charge is 2.14. The van der Waals surface area contributed by atoms with Gasteiger partial charge in [-0.25, -0.2) is 22.5 Å². The highest BCUT2D eigenvalue weighted by molar-refractivity contribution is 7.92. The number of aromatic nitrogens is 6. The monoisotopic (exact) mass is 489 g/mol. The molecule has 2 aromatic carbocycles. The molecule has 0 spiro atoms. The number of nitrogens with one attached hydrogen (secondary N) is 3. The molecule has 0 atom stereocenters. The summed E-state index contributed by atoms with van der Waals surface area (Å²) >= 11 is 6.24. The molecule has 0 radical (unpaired) electrons. The van der Waals surface area contributed by atoms with Crippen LogP contribution in [-0.2, 0) is 10.0 Å². The van der Waals surface area contributed by atoms with Crippen LogP contribution in [0.25, 0.3) is 5.69 Å². The van der Waals surface area contributed by atoms with Crippen molar-refractivity contribution in [3.8, 4) is 5.69 Å². The number of hydrogen-bond acceptors (Lipinski definition) is 9. The van der Waals surface area contributed by atoms with Crippen LogP contribution < -0.4 is 15.4 Å². The number of aryl methyl sites for hydroxylation is 1. The van der Waals surface area contributed by atoms with E-state index in [1.165, 1.54) is 35.4 Å². The van der Waals surface area contributed by atoms with Crippen molar-refractivity contribution in [3.05, 3.63) is 65.3 Å². The standard InChI is InChI=1S/C19H17ClFN9O2S/c1-11-4-3-5-15(17(11)27-33(2,31)32)24-18-13(20)9-22-19(26-18)25-16-8-12(6-7-14(16)21)30-10-23-28-29-30/h3-10,27H,1-2H3,(H2,22,24,25,26). The number of nitrogens with zero attached hydrogens (tertiary/aromatic N) is 6. The van der Waals surface area contributed by atoms with E-state index in [-0.39, 0.29) is 22.5 Å². The Morgan fingerprint density at radius 3 is 2.67 bits per heavy atom. The molecule has 0 saturated heterocycles. The summed E-state index contributed by atoms with van der Waals surface area (Å²) in [7, 11) is -3.53. The number of benzene rings is 2. The van der Waals surface area contributed by atoms with Crippen LogP contribution in [0.5, 0.6) is 0 Å².